The van der Waals surface area contributed by atoms with Gasteiger partial charge in [-0.15, -0.1) is 0 Å². The lowest BCUT2D eigenvalue weighted by atomic mass is 10.6. The molecule has 0 fully saturated rings. The van der Waals surface area contributed by atoms with Crippen molar-refractivity contribution in [2.24, 2.45) is 0 Å². The fourth-order valence-electron chi connectivity index (χ4n) is 0.643. The zero-order valence-corrected chi connectivity index (χ0v) is 11.5. The van der Waals surface area contributed by atoms with Gasteiger partial charge < -0.3 is 14.7 Å². The molecule has 0 rings (SSSR count). The van der Waals surface area contributed by atoms with Crippen LogP contribution < -0.4 is 0 Å². The van der Waals surface area contributed by atoms with Crippen molar-refractivity contribution in [2.45, 2.75) is 13.3 Å². The van der Waals surface area contributed by atoms with E-state index in [0.29, 0.717) is 23.6 Å². The van der Waals surface area contributed by atoms with Crippen LogP contribution in [0.3, 0.4) is 0 Å². The van der Waals surface area contributed by atoms with E-state index < -0.39 is 14.6 Å². The van der Waals surface area contributed by atoms with Gasteiger partial charge in [0.25, 0.3) is 0 Å². The molecule has 10 heteroatoms. The SMILES string of the molecule is CCSCCCSP(=O)(O)OP(=O)(O)O. The third-order valence-corrected chi connectivity index (χ3v) is 6.69. The van der Waals surface area contributed by atoms with Crippen LogP contribution in [0.5, 0.6) is 0 Å². The summed E-state index contributed by atoms with van der Waals surface area (Å²) >= 11 is 2.23. The lowest BCUT2D eigenvalue weighted by molar-refractivity contribution is 0.270. The first-order valence-corrected chi connectivity index (χ1v) is 9.94. The topological polar surface area (TPSA) is 104 Å². The standard InChI is InChI=1S/C5H14O6P2S2/c1-2-14-4-3-5-15-13(9,10)11-12(6,7)8/h2-5H2,1H3,(H,9,10)(H2,6,7,8). The van der Waals surface area contributed by atoms with Gasteiger partial charge in [0.1, 0.15) is 0 Å². The Balaban J connectivity index is 3.75. The molecular weight excluding hydrogens is 282 g/mol. The van der Waals surface area contributed by atoms with Gasteiger partial charge in [-0.1, -0.05) is 6.92 Å². The van der Waals surface area contributed by atoms with Gasteiger partial charge in [-0.05, 0) is 29.3 Å². The van der Waals surface area contributed by atoms with E-state index in [-0.39, 0.29) is 0 Å². The molecule has 0 aliphatic heterocycles. The second-order valence-electron chi connectivity index (χ2n) is 2.42. The summed E-state index contributed by atoms with van der Waals surface area (Å²) < 4.78 is 25.1. The number of hydrogen-bond acceptors (Lipinski definition) is 5. The number of thioether (sulfide) groups is 1. The minimum absolute atomic E-state index is 0.334. The van der Waals surface area contributed by atoms with Gasteiger partial charge in [0.15, 0.2) is 0 Å². The van der Waals surface area contributed by atoms with E-state index in [0.717, 1.165) is 11.5 Å². The summed E-state index contributed by atoms with van der Waals surface area (Å²) in [5.74, 6) is 2.15. The molecule has 0 radical (unpaired) electrons. The van der Waals surface area contributed by atoms with Crippen LogP contribution in [-0.2, 0) is 13.4 Å². The highest BCUT2D eigenvalue weighted by Crippen LogP contribution is 2.65. The van der Waals surface area contributed by atoms with E-state index in [1.807, 2.05) is 6.92 Å². The maximum atomic E-state index is 11.1. The second kappa shape index (κ2) is 7.35. The first kappa shape index (κ1) is 16.0. The average molecular weight is 296 g/mol. The van der Waals surface area contributed by atoms with E-state index >= 15 is 0 Å². The van der Waals surface area contributed by atoms with Gasteiger partial charge in [-0.3, -0.25) is 0 Å². The lowest BCUT2D eigenvalue weighted by Gasteiger charge is -2.11. The summed E-state index contributed by atoms with van der Waals surface area (Å²) in [6.07, 6.45) is 0.693. The van der Waals surface area contributed by atoms with Gasteiger partial charge in [-0.25, -0.2) is 9.13 Å². The van der Waals surface area contributed by atoms with Crippen LogP contribution in [0.1, 0.15) is 13.3 Å². The van der Waals surface area contributed by atoms with Gasteiger partial charge in [0, 0.05) is 5.75 Å². The quantitative estimate of drug-likeness (QED) is 0.462. The minimum atomic E-state index is -4.89. The van der Waals surface area contributed by atoms with Crippen molar-refractivity contribution in [1.82, 2.24) is 0 Å². The van der Waals surface area contributed by atoms with E-state index in [9.17, 15) is 9.13 Å². The van der Waals surface area contributed by atoms with Crippen molar-refractivity contribution in [1.29, 1.82) is 0 Å². The Morgan fingerprint density at radius 3 is 2.27 bits per heavy atom. The molecule has 0 aromatic heterocycles. The number of hydrogen-bond donors (Lipinski definition) is 3. The van der Waals surface area contributed by atoms with Gasteiger partial charge in [0.2, 0.25) is 0 Å². The van der Waals surface area contributed by atoms with Crippen LogP contribution in [-0.4, -0.2) is 31.9 Å². The number of rotatable bonds is 8. The summed E-state index contributed by atoms with van der Waals surface area (Å²) in [6, 6.07) is 0. The van der Waals surface area contributed by atoms with E-state index in [1.54, 1.807) is 11.8 Å². The molecule has 0 aliphatic carbocycles. The van der Waals surface area contributed by atoms with E-state index in [2.05, 4.69) is 4.31 Å². The predicted molar refractivity (Wildman–Crippen MR) is 63.0 cm³/mol. The molecule has 92 valence electrons. The largest absolute Gasteiger partial charge is 0.477 e. The molecule has 0 bridgehead atoms. The predicted octanol–water partition coefficient (Wildman–Crippen LogP) is 2.07. The van der Waals surface area contributed by atoms with Crippen LogP contribution in [0.15, 0.2) is 0 Å². The Morgan fingerprint density at radius 2 is 1.80 bits per heavy atom. The molecule has 1 unspecified atom stereocenters. The Labute approximate surface area is 96.7 Å². The molecule has 15 heavy (non-hydrogen) atoms. The Kier molecular flexibility index (Phi) is 7.84. The Hall–Kier alpha value is 1.000. The molecule has 0 spiro atoms. The summed E-state index contributed by atoms with van der Waals surface area (Å²) in [6.45, 7) is -2.21. The van der Waals surface area contributed by atoms with Gasteiger partial charge in [-0.2, -0.15) is 16.1 Å². The zero-order chi connectivity index (χ0) is 11.9. The lowest BCUT2D eigenvalue weighted by Crippen LogP contribution is -1.88. The van der Waals surface area contributed by atoms with Crippen LogP contribution in [0.25, 0.3) is 0 Å². The van der Waals surface area contributed by atoms with E-state index in [4.69, 9.17) is 14.7 Å². The van der Waals surface area contributed by atoms with Crippen molar-refractivity contribution in [2.75, 3.05) is 17.3 Å². The molecule has 0 amide bonds. The summed E-state index contributed by atoms with van der Waals surface area (Å²) in [5.41, 5.74) is 0. The highest BCUT2D eigenvalue weighted by atomic mass is 32.7. The highest BCUT2D eigenvalue weighted by Gasteiger charge is 2.30. The first-order valence-electron chi connectivity index (χ1n) is 4.09. The minimum Gasteiger partial charge on any atom is -0.316 e. The summed E-state index contributed by atoms with van der Waals surface area (Å²) in [5, 5.41) is 0. The molecule has 6 nitrogen and oxygen atoms in total. The molecule has 0 aliphatic rings. The molecule has 0 heterocycles. The van der Waals surface area contributed by atoms with Crippen molar-refractivity contribution in [3.63, 3.8) is 0 Å². The van der Waals surface area contributed by atoms with Crippen LogP contribution in [0.2, 0.25) is 0 Å². The molecular formula is C5H14O6P2S2. The molecule has 0 saturated carbocycles. The maximum absolute atomic E-state index is 11.1. The second-order valence-corrected chi connectivity index (χ2v) is 9.22. The van der Waals surface area contributed by atoms with Crippen molar-refractivity contribution < 1.29 is 28.1 Å². The third kappa shape index (κ3) is 11.3. The normalized spacial score (nSPS) is 16.3. The van der Waals surface area contributed by atoms with Crippen LogP contribution >= 0.6 is 37.8 Å². The highest BCUT2D eigenvalue weighted by molar-refractivity contribution is 8.55. The fraction of sp³-hybridized carbons (Fsp3) is 1.00. The molecule has 3 N–H and O–H groups in total. The molecule has 0 aromatic rings. The van der Waals surface area contributed by atoms with Crippen molar-refractivity contribution in [3.8, 4) is 0 Å². The monoisotopic (exact) mass is 296 g/mol. The smallest absolute Gasteiger partial charge is 0.316 e. The third-order valence-electron chi connectivity index (χ3n) is 1.10. The van der Waals surface area contributed by atoms with Gasteiger partial charge >= 0.3 is 14.6 Å². The molecule has 0 aromatic carbocycles. The summed E-state index contributed by atoms with van der Waals surface area (Å²) in [7, 11) is -4.89. The Bertz CT molecular complexity index is 266. The summed E-state index contributed by atoms with van der Waals surface area (Å²) in [4.78, 5) is 25.7. The first-order chi connectivity index (χ1) is 6.77. The molecule has 0 saturated heterocycles. The zero-order valence-electron chi connectivity index (χ0n) is 8.11. The van der Waals surface area contributed by atoms with Crippen molar-refractivity contribution >= 4 is 37.8 Å². The number of phosphoric acid groups is 1. The Morgan fingerprint density at radius 1 is 1.20 bits per heavy atom. The van der Waals surface area contributed by atoms with Crippen molar-refractivity contribution in [3.05, 3.63) is 0 Å². The van der Waals surface area contributed by atoms with Crippen LogP contribution in [0, 0.1) is 0 Å². The fourth-order valence-corrected chi connectivity index (χ4v) is 5.52. The average Bonchev–Trinajstić information content (AvgIpc) is 1.99. The van der Waals surface area contributed by atoms with Crippen LogP contribution in [0.4, 0.5) is 0 Å². The van der Waals surface area contributed by atoms with E-state index in [1.165, 1.54) is 0 Å². The maximum Gasteiger partial charge on any atom is 0.477 e. The van der Waals surface area contributed by atoms with Gasteiger partial charge in [0.05, 0.1) is 0 Å². The molecule has 1 atom stereocenters.